The summed E-state index contributed by atoms with van der Waals surface area (Å²) in [5.41, 5.74) is 0.935. The maximum absolute atomic E-state index is 8.69. The predicted molar refractivity (Wildman–Crippen MR) is 57.8 cm³/mol. The summed E-state index contributed by atoms with van der Waals surface area (Å²) in [4.78, 5) is 0. The number of rotatable bonds is 6. The highest BCUT2D eigenvalue weighted by atomic mass is 16.5. The van der Waals surface area contributed by atoms with Gasteiger partial charge in [-0.05, 0) is 12.8 Å². The Bertz CT molecular complexity index is 310. The zero-order valence-electron chi connectivity index (χ0n) is 9.30. The first-order valence-corrected chi connectivity index (χ1v) is 5.69. The van der Waals surface area contributed by atoms with Crippen molar-refractivity contribution in [3.05, 3.63) is 11.9 Å². The lowest BCUT2D eigenvalue weighted by Gasteiger charge is -2.07. The van der Waals surface area contributed by atoms with Crippen LogP contribution in [0.15, 0.2) is 6.20 Å². The fourth-order valence-corrected chi connectivity index (χ4v) is 1.71. The van der Waals surface area contributed by atoms with E-state index < -0.39 is 0 Å². The van der Waals surface area contributed by atoms with Gasteiger partial charge in [-0.3, -0.25) is 4.68 Å². The number of ether oxygens (including phenoxy) is 1. The SMILES string of the molecule is OCCCn1cc(CNC2CCOC2)nn1. The average Bonchev–Trinajstić information content (AvgIpc) is 2.95. The highest BCUT2D eigenvalue weighted by molar-refractivity contribution is 4.92. The largest absolute Gasteiger partial charge is 0.396 e. The summed E-state index contributed by atoms with van der Waals surface area (Å²) in [6.07, 6.45) is 3.70. The molecular weight excluding hydrogens is 208 g/mol. The molecule has 1 unspecified atom stereocenters. The molecule has 1 saturated heterocycles. The van der Waals surface area contributed by atoms with Crippen molar-refractivity contribution in [1.29, 1.82) is 0 Å². The van der Waals surface area contributed by atoms with Gasteiger partial charge in [-0.2, -0.15) is 0 Å². The van der Waals surface area contributed by atoms with E-state index in [4.69, 9.17) is 9.84 Å². The molecule has 2 heterocycles. The lowest BCUT2D eigenvalue weighted by molar-refractivity contribution is 0.189. The van der Waals surface area contributed by atoms with Crippen molar-refractivity contribution in [1.82, 2.24) is 20.3 Å². The minimum Gasteiger partial charge on any atom is -0.396 e. The van der Waals surface area contributed by atoms with E-state index in [-0.39, 0.29) is 6.61 Å². The van der Waals surface area contributed by atoms with E-state index in [9.17, 15) is 0 Å². The van der Waals surface area contributed by atoms with Crippen LogP contribution in [-0.2, 0) is 17.8 Å². The number of nitrogens with one attached hydrogen (secondary N) is 1. The van der Waals surface area contributed by atoms with Crippen molar-refractivity contribution in [2.45, 2.75) is 32.0 Å². The summed E-state index contributed by atoms with van der Waals surface area (Å²) in [6, 6.07) is 0.447. The van der Waals surface area contributed by atoms with E-state index >= 15 is 0 Å². The number of aryl methyl sites for hydroxylation is 1. The van der Waals surface area contributed by atoms with Crippen molar-refractivity contribution in [3.8, 4) is 0 Å². The maximum Gasteiger partial charge on any atom is 0.0964 e. The van der Waals surface area contributed by atoms with Gasteiger partial charge in [-0.25, -0.2) is 0 Å². The van der Waals surface area contributed by atoms with E-state index in [1.54, 1.807) is 4.68 Å². The molecule has 0 spiro atoms. The van der Waals surface area contributed by atoms with Gasteiger partial charge in [0.05, 0.1) is 12.3 Å². The fourth-order valence-electron chi connectivity index (χ4n) is 1.71. The maximum atomic E-state index is 8.69. The zero-order chi connectivity index (χ0) is 11.2. The van der Waals surface area contributed by atoms with Gasteiger partial charge in [0.25, 0.3) is 0 Å². The summed E-state index contributed by atoms with van der Waals surface area (Å²) in [5, 5.41) is 20.1. The van der Waals surface area contributed by atoms with Crippen LogP contribution < -0.4 is 5.32 Å². The molecule has 0 aliphatic carbocycles. The second-order valence-electron chi connectivity index (χ2n) is 3.99. The first-order chi connectivity index (χ1) is 7.88. The standard InChI is InChI=1S/C10H18N4O2/c15-4-1-3-14-7-10(12-13-14)6-11-9-2-5-16-8-9/h7,9,11,15H,1-6,8H2. The molecule has 2 rings (SSSR count). The van der Waals surface area contributed by atoms with E-state index in [1.807, 2.05) is 6.20 Å². The molecule has 0 radical (unpaired) electrons. The van der Waals surface area contributed by atoms with Crippen LogP contribution in [0, 0.1) is 0 Å². The average molecular weight is 226 g/mol. The summed E-state index contributed by atoms with van der Waals surface area (Å²) >= 11 is 0. The first-order valence-electron chi connectivity index (χ1n) is 5.69. The second kappa shape index (κ2) is 5.93. The fraction of sp³-hybridized carbons (Fsp3) is 0.800. The normalized spacial score (nSPS) is 20.4. The minimum atomic E-state index is 0.187. The van der Waals surface area contributed by atoms with Crippen molar-refractivity contribution in [2.75, 3.05) is 19.8 Å². The number of hydrogen-bond donors (Lipinski definition) is 2. The topological polar surface area (TPSA) is 72.2 Å². The molecule has 1 aliphatic heterocycles. The smallest absolute Gasteiger partial charge is 0.0964 e. The molecule has 6 heteroatoms. The third kappa shape index (κ3) is 3.26. The van der Waals surface area contributed by atoms with Crippen LogP contribution in [0.4, 0.5) is 0 Å². The number of aliphatic hydroxyl groups is 1. The second-order valence-corrected chi connectivity index (χ2v) is 3.99. The van der Waals surface area contributed by atoms with Crippen LogP contribution in [0.5, 0.6) is 0 Å². The molecule has 0 saturated carbocycles. The van der Waals surface area contributed by atoms with Crippen molar-refractivity contribution < 1.29 is 9.84 Å². The van der Waals surface area contributed by atoms with Gasteiger partial charge < -0.3 is 15.2 Å². The predicted octanol–water partition coefficient (Wildman–Crippen LogP) is -0.461. The lowest BCUT2D eigenvalue weighted by Crippen LogP contribution is -2.28. The quantitative estimate of drug-likeness (QED) is 0.686. The Hall–Kier alpha value is -0.980. The van der Waals surface area contributed by atoms with Gasteiger partial charge >= 0.3 is 0 Å². The van der Waals surface area contributed by atoms with E-state index in [2.05, 4.69) is 15.6 Å². The summed E-state index contributed by atoms with van der Waals surface area (Å²) in [5.74, 6) is 0. The monoisotopic (exact) mass is 226 g/mol. The molecule has 0 amide bonds. The highest BCUT2D eigenvalue weighted by Crippen LogP contribution is 2.04. The Morgan fingerprint density at radius 1 is 1.62 bits per heavy atom. The van der Waals surface area contributed by atoms with Gasteiger partial charge in [-0.1, -0.05) is 5.21 Å². The molecule has 0 bridgehead atoms. The molecule has 1 aliphatic rings. The molecule has 1 aromatic heterocycles. The van der Waals surface area contributed by atoms with Gasteiger partial charge in [0, 0.05) is 38.5 Å². The Morgan fingerprint density at radius 2 is 2.56 bits per heavy atom. The van der Waals surface area contributed by atoms with Crippen molar-refractivity contribution >= 4 is 0 Å². The molecular formula is C10H18N4O2. The van der Waals surface area contributed by atoms with Crippen LogP contribution in [0.1, 0.15) is 18.5 Å². The minimum absolute atomic E-state index is 0.187. The summed E-state index contributed by atoms with van der Waals surface area (Å²) in [7, 11) is 0. The van der Waals surface area contributed by atoms with Crippen molar-refractivity contribution in [3.63, 3.8) is 0 Å². The molecule has 2 N–H and O–H groups in total. The molecule has 6 nitrogen and oxygen atoms in total. The van der Waals surface area contributed by atoms with Crippen LogP contribution in [0.25, 0.3) is 0 Å². The summed E-state index contributed by atoms with van der Waals surface area (Å²) < 4.78 is 7.03. The molecule has 1 atom stereocenters. The Morgan fingerprint density at radius 3 is 3.31 bits per heavy atom. The van der Waals surface area contributed by atoms with E-state index in [0.717, 1.165) is 38.4 Å². The van der Waals surface area contributed by atoms with Gasteiger partial charge in [0.15, 0.2) is 0 Å². The van der Waals surface area contributed by atoms with Crippen LogP contribution >= 0.6 is 0 Å². The zero-order valence-corrected chi connectivity index (χ0v) is 9.30. The molecule has 90 valence electrons. The molecule has 16 heavy (non-hydrogen) atoms. The van der Waals surface area contributed by atoms with Crippen molar-refractivity contribution in [2.24, 2.45) is 0 Å². The summed E-state index contributed by atoms with van der Waals surface area (Å²) in [6.45, 7) is 3.27. The lowest BCUT2D eigenvalue weighted by atomic mass is 10.2. The molecule has 1 fully saturated rings. The Kier molecular flexibility index (Phi) is 4.26. The van der Waals surface area contributed by atoms with E-state index in [0.29, 0.717) is 12.5 Å². The van der Waals surface area contributed by atoms with Crippen LogP contribution in [-0.4, -0.2) is 46.0 Å². The third-order valence-electron chi connectivity index (χ3n) is 2.63. The highest BCUT2D eigenvalue weighted by Gasteiger charge is 2.14. The Balaban J connectivity index is 1.73. The molecule has 1 aromatic rings. The number of aliphatic hydroxyl groups excluding tert-OH is 1. The van der Waals surface area contributed by atoms with Crippen LogP contribution in [0.3, 0.4) is 0 Å². The number of nitrogens with zero attached hydrogens (tertiary/aromatic N) is 3. The Labute approximate surface area is 94.6 Å². The van der Waals surface area contributed by atoms with Gasteiger partial charge in [-0.15, -0.1) is 5.10 Å². The van der Waals surface area contributed by atoms with Gasteiger partial charge in [0.1, 0.15) is 0 Å². The van der Waals surface area contributed by atoms with Crippen LogP contribution in [0.2, 0.25) is 0 Å². The third-order valence-corrected chi connectivity index (χ3v) is 2.63. The van der Waals surface area contributed by atoms with E-state index in [1.165, 1.54) is 0 Å². The molecule has 0 aromatic carbocycles. The van der Waals surface area contributed by atoms with Gasteiger partial charge in [0.2, 0.25) is 0 Å². The number of hydrogen-bond acceptors (Lipinski definition) is 5. The number of aromatic nitrogens is 3. The first kappa shape index (κ1) is 11.5.